The van der Waals surface area contributed by atoms with Crippen LogP contribution < -0.4 is 32.7 Å². The van der Waals surface area contributed by atoms with E-state index in [2.05, 4.69) is 21.3 Å². The van der Waals surface area contributed by atoms with Crippen molar-refractivity contribution in [1.29, 1.82) is 0 Å². The molecular formula is C20H32N6O12S3. The van der Waals surface area contributed by atoms with Crippen molar-refractivity contribution in [2.24, 2.45) is 11.5 Å². The first-order chi connectivity index (χ1) is 19.0. The first-order valence-electron chi connectivity index (χ1n) is 11.6. The third-order valence-corrected chi connectivity index (χ3v) is 9.02. The Morgan fingerprint density at radius 3 is 1.49 bits per heavy atom. The zero-order chi connectivity index (χ0) is 31.7. The number of nitrogens with one attached hydrogen (secondary N) is 4. The van der Waals surface area contributed by atoms with E-state index in [0.29, 0.717) is 0 Å². The topological polar surface area (TPSA) is 318 Å². The number of carboxylic acids is 4. The van der Waals surface area contributed by atoms with Gasteiger partial charge in [0.2, 0.25) is 23.6 Å². The van der Waals surface area contributed by atoms with E-state index >= 15 is 0 Å². The molecule has 0 fully saturated rings. The van der Waals surface area contributed by atoms with Crippen LogP contribution in [0.15, 0.2) is 0 Å². The van der Waals surface area contributed by atoms with Gasteiger partial charge < -0.3 is 53.2 Å². The molecule has 1 unspecified atom stereocenters. The van der Waals surface area contributed by atoms with Crippen LogP contribution in [0.4, 0.5) is 0 Å². The lowest BCUT2D eigenvalue weighted by molar-refractivity contribution is -0.140. The molecule has 232 valence electrons. The minimum absolute atomic E-state index is 0.223. The zero-order valence-electron chi connectivity index (χ0n) is 21.4. The molecule has 18 nitrogen and oxygen atoms in total. The third kappa shape index (κ3) is 17.8. The summed E-state index contributed by atoms with van der Waals surface area (Å²) in [4.78, 5) is 92.8. The van der Waals surface area contributed by atoms with Gasteiger partial charge in [0.15, 0.2) is 0 Å². The summed E-state index contributed by atoms with van der Waals surface area (Å²) < 4.78 is 0. The van der Waals surface area contributed by atoms with E-state index in [0.717, 1.165) is 10.8 Å². The van der Waals surface area contributed by atoms with Crippen LogP contribution in [0, 0.1) is 0 Å². The second kappa shape index (κ2) is 19.6. The van der Waals surface area contributed by atoms with E-state index in [1.807, 2.05) is 0 Å². The number of carbonyl (C=O) groups excluding carboxylic acids is 4. The molecule has 41 heavy (non-hydrogen) atoms. The molecule has 0 saturated heterocycles. The number of hydrogen-bond donors (Lipinski definition) is 10. The molecule has 0 aromatic carbocycles. The lowest BCUT2D eigenvalue weighted by Gasteiger charge is -2.21. The van der Waals surface area contributed by atoms with E-state index < -0.39 is 93.2 Å². The van der Waals surface area contributed by atoms with Gasteiger partial charge in [-0.1, -0.05) is 19.3 Å². The average Bonchev–Trinajstić information content (AvgIpc) is 2.88. The number of nitrogens with two attached hydrogens (primary N) is 2. The molecular weight excluding hydrogens is 612 g/mol. The van der Waals surface area contributed by atoms with E-state index in [-0.39, 0.29) is 37.2 Å². The number of aliphatic carboxylic acids is 4. The molecule has 12 N–H and O–H groups in total. The molecule has 21 heteroatoms. The van der Waals surface area contributed by atoms with E-state index in [9.17, 15) is 38.4 Å². The molecule has 0 saturated carbocycles. The molecule has 0 aliphatic carbocycles. The molecule has 0 aromatic rings. The van der Waals surface area contributed by atoms with Crippen molar-refractivity contribution in [1.82, 2.24) is 21.3 Å². The number of rotatable bonds is 21. The number of carboxylic acid groups (broad SMARTS) is 4. The second-order valence-corrected chi connectivity index (χ2v) is 13.4. The average molecular weight is 645 g/mol. The van der Waals surface area contributed by atoms with E-state index in [1.54, 1.807) is 0 Å². The van der Waals surface area contributed by atoms with Gasteiger partial charge in [0.1, 0.15) is 37.3 Å². The fourth-order valence-corrected chi connectivity index (χ4v) is 6.21. The number of carbonyl (C=O) groups is 8. The fraction of sp³-hybridized carbons (Fsp3) is 0.600. The van der Waals surface area contributed by atoms with Gasteiger partial charge in [0, 0.05) is 24.3 Å². The van der Waals surface area contributed by atoms with Crippen LogP contribution in [0.1, 0.15) is 25.7 Å². The molecule has 0 aromatic heterocycles. The summed E-state index contributed by atoms with van der Waals surface area (Å²) in [5.41, 5.74) is 10.7. The Bertz CT molecular complexity index is 1030. The van der Waals surface area contributed by atoms with Crippen molar-refractivity contribution in [2.75, 3.05) is 24.6 Å². The van der Waals surface area contributed by atoms with Crippen LogP contribution >= 0.6 is 10.8 Å². The largest absolute Gasteiger partial charge is 0.480 e. The van der Waals surface area contributed by atoms with Crippen LogP contribution in [-0.2, 0) is 58.0 Å². The highest BCUT2D eigenvalue weighted by Gasteiger charge is 2.26. The van der Waals surface area contributed by atoms with Crippen molar-refractivity contribution >= 4 is 78.0 Å². The SMILES string of the molecule is N[C@@H](CCC(=O)N[C@@H](CSS(=S)C[C@H](NC(=O)CC[C@H](N)C(=O)O)C(=O)NCC(=O)O)C(=O)NCC(=O)O)C(=O)O. The molecule has 0 radical (unpaired) electrons. The maximum absolute atomic E-state index is 12.5. The summed E-state index contributed by atoms with van der Waals surface area (Å²) in [5, 5.41) is 44.1. The number of hydrogen-bond acceptors (Lipinski definition) is 12. The van der Waals surface area contributed by atoms with Crippen molar-refractivity contribution in [3.63, 3.8) is 0 Å². The minimum Gasteiger partial charge on any atom is -0.480 e. The zero-order valence-corrected chi connectivity index (χ0v) is 23.9. The lowest BCUT2D eigenvalue weighted by atomic mass is 10.1. The molecule has 0 heterocycles. The van der Waals surface area contributed by atoms with Crippen molar-refractivity contribution in [2.45, 2.75) is 49.9 Å². The Balaban J connectivity index is 5.40. The smallest absolute Gasteiger partial charge is 0.322 e. The Kier molecular flexibility index (Phi) is 18.0. The van der Waals surface area contributed by atoms with Gasteiger partial charge in [0.25, 0.3) is 0 Å². The summed E-state index contributed by atoms with van der Waals surface area (Å²) in [6.07, 6.45) is -1.21. The standard InChI is InChI=1S/C20H32N6O12S3/c21-9(19(35)36)1-3-13(27)25-11(17(33)23-5-15(29)30)7-40-41(39)8-12(18(34)24-6-16(31)32)26-14(28)4-2-10(22)20(37)38/h9-12H,1-8,21-22H2,(H,23,33)(H,24,34)(H,25,27)(H,26,28)(H,29,30)(H,31,32)(H,35,36)(H,37,38)/t9-,10-,11-,12-,41?/m0/s1. The summed E-state index contributed by atoms with van der Waals surface area (Å²) >= 11 is 5.33. The van der Waals surface area contributed by atoms with Gasteiger partial charge >= 0.3 is 23.9 Å². The lowest BCUT2D eigenvalue weighted by Crippen LogP contribution is -2.51. The highest BCUT2D eigenvalue weighted by molar-refractivity contribution is 8.82. The van der Waals surface area contributed by atoms with Crippen molar-refractivity contribution in [3.8, 4) is 0 Å². The van der Waals surface area contributed by atoms with Gasteiger partial charge in [0.05, 0.1) is 0 Å². The maximum Gasteiger partial charge on any atom is 0.322 e. The van der Waals surface area contributed by atoms with Gasteiger partial charge in [-0.25, -0.2) is 0 Å². The van der Waals surface area contributed by atoms with Crippen molar-refractivity contribution in [3.05, 3.63) is 0 Å². The van der Waals surface area contributed by atoms with Gasteiger partial charge in [-0.2, -0.15) is 0 Å². The van der Waals surface area contributed by atoms with Crippen LogP contribution in [0.5, 0.6) is 0 Å². The predicted octanol–water partition coefficient (Wildman–Crippen LogP) is -4.53. The van der Waals surface area contributed by atoms with Gasteiger partial charge in [-0.3, -0.25) is 38.4 Å². The summed E-state index contributed by atoms with van der Waals surface area (Å²) in [5.74, 6) is -9.15. The summed E-state index contributed by atoms with van der Waals surface area (Å²) in [6, 6.07) is -5.32. The molecule has 0 bridgehead atoms. The maximum atomic E-state index is 12.5. The highest BCUT2D eigenvalue weighted by atomic mass is 33.3. The van der Waals surface area contributed by atoms with Crippen LogP contribution in [-0.4, -0.2) is 117 Å². The fourth-order valence-electron chi connectivity index (χ4n) is 2.62. The van der Waals surface area contributed by atoms with Crippen LogP contribution in [0.2, 0.25) is 0 Å². The van der Waals surface area contributed by atoms with E-state index in [1.165, 1.54) is 0 Å². The molecule has 5 atom stereocenters. The second-order valence-electron chi connectivity index (χ2n) is 8.19. The predicted molar refractivity (Wildman–Crippen MR) is 147 cm³/mol. The summed E-state index contributed by atoms with van der Waals surface area (Å²) in [7, 11) is -0.347. The first-order valence-corrected chi connectivity index (χ1v) is 15.4. The molecule has 0 aliphatic heterocycles. The third-order valence-electron chi connectivity index (χ3n) is 4.80. The Morgan fingerprint density at radius 2 is 1.10 bits per heavy atom. The molecule has 0 spiro atoms. The van der Waals surface area contributed by atoms with Gasteiger partial charge in [-0.15, -0.1) is 0 Å². The van der Waals surface area contributed by atoms with Gasteiger partial charge in [-0.05, 0) is 24.0 Å². The first kappa shape index (κ1) is 37.6. The Morgan fingerprint density at radius 1 is 0.707 bits per heavy atom. The molecule has 0 aliphatic rings. The van der Waals surface area contributed by atoms with Crippen molar-refractivity contribution < 1.29 is 58.8 Å². The van der Waals surface area contributed by atoms with Crippen LogP contribution in [0.25, 0.3) is 0 Å². The number of amides is 4. The van der Waals surface area contributed by atoms with Crippen LogP contribution in [0.3, 0.4) is 0 Å². The highest BCUT2D eigenvalue weighted by Crippen LogP contribution is 2.13. The molecule has 4 amide bonds. The minimum atomic E-state index is -1.36. The van der Waals surface area contributed by atoms with E-state index in [4.69, 9.17) is 43.1 Å². The Labute approximate surface area is 243 Å². The summed E-state index contributed by atoms with van der Waals surface area (Å²) in [6.45, 7) is -1.53. The molecule has 0 rings (SSSR count). The monoisotopic (exact) mass is 644 g/mol. The normalized spacial score (nSPS) is 14.3. The quantitative estimate of drug-likeness (QED) is 0.0526. The Hall–Kier alpha value is -3.40.